The third-order valence-electron chi connectivity index (χ3n) is 1.81. The average Bonchev–Trinajstić information content (AvgIpc) is 2.20. The van der Waals surface area contributed by atoms with E-state index in [4.69, 9.17) is 20.4 Å². The van der Waals surface area contributed by atoms with Crippen LogP contribution in [0.15, 0.2) is 0 Å². The van der Waals surface area contributed by atoms with E-state index in [1.165, 1.54) is 0 Å². The normalized spacial score (nSPS) is 10.0. The van der Waals surface area contributed by atoms with Crippen molar-refractivity contribution in [2.45, 2.75) is 12.1 Å². The molecule has 19 heavy (non-hydrogen) atoms. The number of hydrogen-bond acceptors (Lipinski definition) is 6. The molecule has 11 heteroatoms. The number of aliphatic carboxylic acids is 4. The third-order valence-corrected chi connectivity index (χ3v) is 1.81. The van der Waals surface area contributed by atoms with Crippen LogP contribution in [0, 0.1) is 0 Å². The van der Waals surface area contributed by atoms with Gasteiger partial charge in [0.1, 0.15) is 0 Å². The Morgan fingerprint density at radius 1 is 0.684 bits per heavy atom. The number of nitrogens with one attached hydrogen (secondary N) is 2. The van der Waals surface area contributed by atoms with Crippen LogP contribution in [0.5, 0.6) is 0 Å². The van der Waals surface area contributed by atoms with E-state index in [0.29, 0.717) is 0 Å². The van der Waals surface area contributed by atoms with Crippen molar-refractivity contribution in [1.29, 1.82) is 0 Å². The molecule has 0 amide bonds. The third kappa shape index (κ3) is 7.36. The number of hydrogen-bond donors (Lipinski definition) is 6. The van der Waals surface area contributed by atoms with Crippen molar-refractivity contribution in [3.8, 4) is 0 Å². The second-order valence-corrected chi connectivity index (χ2v) is 3.13. The van der Waals surface area contributed by atoms with Crippen molar-refractivity contribution in [1.82, 2.24) is 10.6 Å². The molecule has 6 N–H and O–H groups in total. The van der Waals surface area contributed by atoms with E-state index in [0.717, 1.165) is 0 Å². The molecule has 0 aromatic heterocycles. The predicted molar refractivity (Wildman–Crippen MR) is 54.1 cm³/mol. The summed E-state index contributed by atoms with van der Waals surface area (Å²) in [6.45, 7) is -0.444. The Bertz CT molecular complexity index is 299. The van der Waals surface area contributed by atoms with Crippen LogP contribution in [0.1, 0.15) is 0 Å². The van der Waals surface area contributed by atoms with E-state index < -0.39 is 36.0 Å². The molecular weight excluding hydrogens is 308 g/mol. The number of carbonyl (C=O) groups is 4. The van der Waals surface area contributed by atoms with Gasteiger partial charge in [-0.05, 0) is 0 Å². The summed E-state index contributed by atoms with van der Waals surface area (Å²) >= 11 is 0. The Labute approximate surface area is 117 Å². The van der Waals surface area contributed by atoms with Gasteiger partial charge in [0.15, 0.2) is 0 Å². The minimum atomic E-state index is -1.83. The van der Waals surface area contributed by atoms with E-state index in [1.807, 2.05) is 0 Å². The van der Waals surface area contributed by atoms with Gasteiger partial charge in [0.05, 0.1) is 0 Å². The summed E-state index contributed by atoms with van der Waals surface area (Å²) in [7, 11) is 0. The van der Waals surface area contributed by atoms with E-state index in [2.05, 4.69) is 10.6 Å². The first-order valence-electron chi connectivity index (χ1n) is 4.65. The molecule has 0 fully saturated rings. The molecule has 0 heterocycles. The number of carboxylic acids is 4. The van der Waals surface area contributed by atoms with Crippen LogP contribution < -0.4 is 10.6 Å². The molecule has 0 bridgehead atoms. The summed E-state index contributed by atoms with van der Waals surface area (Å²) < 4.78 is 0. The Morgan fingerprint density at radius 2 is 0.895 bits per heavy atom. The van der Waals surface area contributed by atoms with E-state index >= 15 is 0 Å². The topological polar surface area (TPSA) is 173 Å². The van der Waals surface area contributed by atoms with Gasteiger partial charge < -0.3 is 20.4 Å². The van der Waals surface area contributed by atoms with Gasteiger partial charge in [0.25, 0.3) is 0 Å². The van der Waals surface area contributed by atoms with E-state index in [1.54, 1.807) is 0 Å². The largest absolute Gasteiger partial charge is 3.00 e. The minimum Gasteiger partial charge on any atom is -0.480 e. The monoisotopic (exact) mass is 320 g/mol. The van der Waals surface area contributed by atoms with Gasteiger partial charge >= 0.3 is 40.9 Å². The Morgan fingerprint density at radius 3 is 1.05 bits per heavy atom. The van der Waals surface area contributed by atoms with Gasteiger partial charge in [0, 0.05) is 13.1 Å². The second-order valence-electron chi connectivity index (χ2n) is 3.13. The molecule has 0 rings (SSSR count). The molecule has 0 aliphatic rings. The summed E-state index contributed by atoms with van der Waals surface area (Å²) in [5.74, 6) is -6.41. The molecule has 0 aliphatic carbocycles. The maximum Gasteiger partial charge on any atom is 3.00 e. The first kappa shape index (κ1) is 19.7. The van der Waals surface area contributed by atoms with Crippen molar-refractivity contribution < 1.29 is 56.7 Å². The Kier molecular flexibility index (Phi) is 9.60. The summed E-state index contributed by atoms with van der Waals surface area (Å²) in [5, 5.41) is 38.1. The van der Waals surface area contributed by atoms with Crippen molar-refractivity contribution >= 4 is 23.9 Å². The quantitative estimate of drug-likeness (QED) is 0.148. The fourth-order valence-electron chi connectivity index (χ4n) is 0.994. The fraction of sp³-hybridized carbons (Fsp3) is 0.500. The zero-order valence-corrected chi connectivity index (χ0v) is 10.4. The maximum absolute atomic E-state index is 10.4. The van der Waals surface area contributed by atoms with Crippen molar-refractivity contribution in [2.24, 2.45) is 0 Å². The number of carboxylic acid groups (broad SMARTS) is 4. The molecule has 0 atom stereocenters. The summed E-state index contributed by atoms with van der Waals surface area (Å²) in [5.41, 5.74) is 0. The summed E-state index contributed by atoms with van der Waals surface area (Å²) in [4.78, 5) is 41.7. The molecule has 107 valence electrons. The zero-order valence-electron chi connectivity index (χ0n) is 9.34. The van der Waals surface area contributed by atoms with Crippen LogP contribution in [-0.2, 0) is 36.2 Å². The Balaban J connectivity index is 0. The van der Waals surface area contributed by atoms with Crippen molar-refractivity contribution in [3.63, 3.8) is 0 Å². The molecule has 0 unspecified atom stereocenters. The second kappa shape index (κ2) is 9.28. The average molecular weight is 320 g/mol. The molecule has 0 aliphatic heterocycles. The summed E-state index contributed by atoms with van der Waals surface area (Å²) in [6, 6.07) is -3.67. The van der Waals surface area contributed by atoms with Crippen LogP contribution in [0.25, 0.3) is 0 Å². The van der Waals surface area contributed by atoms with Crippen LogP contribution in [0.3, 0.4) is 0 Å². The minimum absolute atomic E-state index is 0. The van der Waals surface area contributed by atoms with Crippen molar-refractivity contribution in [2.75, 3.05) is 13.1 Å². The maximum atomic E-state index is 10.4. The molecule has 1 radical (unpaired) electrons. The first-order valence-corrected chi connectivity index (χ1v) is 4.65. The van der Waals surface area contributed by atoms with Crippen LogP contribution >= 0.6 is 0 Å². The first-order chi connectivity index (χ1) is 8.27. The van der Waals surface area contributed by atoms with Gasteiger partial charge in [-0.2, -0.15) is 0 Å². The molecule has 0 saturated heterocycles. The molecule has 0 aromatic rings. The standard InChI is InChI=1S/C8H12N2O8.Fe/c11-5(12)3(6(13)14)9-1-2-10-4(7(15)16)8(17)18;/h3-4,9-10H,1-2H2,(H,11,12)(H,13,14)(H,15,16)(H,17,18);/q;+3. The van der Waals surface area contributed by atoms with Gasteiger partial charge in [0.2, 0.25) is 12.1 Å². The van der Waals surface area contributed by atoms with Crippen molar-refractivity contribution in [3.05, 3.63) is 0 Å². The van der Waals surface area contributed by atoms with E-state index in [9.17, 15) is 19.2 Å². The van der Waals surface area contributed by atoms with Crippen LogP contribution in [0.2, 0.25) is 0 Å². The Hall–Kier alpha value is -1.68. The van der Waals surface area contributed by atoms with E-state index in [-0.39, 0.29) is 30.2 Å². The van der Waals surface area contributed by atoms with Gasteiger partial charge in [-0.3, -0.25) is 10.6 Å². The van der Waals surface area contributed by atoms with Crippen LogP contribution in [0.4, 0.5) is 0 Å². The molecule has 0 spiro atoms. The van der Waals surface area contributed by atoms with Gasteiger partial charge in [-0.1, -0.05) is 0 Å². The molecule has 0 saturated carbocycles. The molecule has 10 nitrogen and oxygen atoms in total. The SMILES string of the molecule is O=C(O)C(NCCNC(C(=O)O)C(=O)O)C(=O)O.[Fe+3]. The number of rotatable bonds is 9. The fourth-order valence-corrected chi connectivity index (χ4v) is 0.994. The zero-order chi connectivity index (χ0) is 14.3. The van der Waals surface area contributed by atoms with Gasteiger partial charge in [-0.25, -0.2) is 19.2 Å². The van der Waals surface area contributed by atoms with Gasteiger partial charge in [-0.15, -0.1) is 0 Å². The summed E-state index contributed by atoms with van der Waals surface area (Å²) in [6.07, 6.45) is 0. The van der Waals surface area contributed by atoms with Crippen LogP contribution in [-0.4, -0.2) is 69.5 Å². The molecule has 0 aromatic carbocycles. The molecular formula is C8H12FeN2O8+3. The smallest absolute Gasteiger partial charge is 0.480 e. The predicted octanol–water partition coefficient (Wildman–Crippen LogP) is -2.76.